The zero-order valence-corrected chi connectivity index (χ0v) is 12.6. The summed E-state index contributed by atoms with van der Waals surface area (Å²) in [4.78, 5) is 22.5. The summed E-state index contributed by atoms with van der Waals surface area (Å²) in [6, 6.07) is 16.7. The zero-order chi connectivity index (χ0) is 17.1. The number of hydrogen-bond acceptors (Lipinski definition) is 3. The van der Waals surface area contributed by atoms with E-state index in [1.165, 1.54) is 10.9 Å². The van der Waals surface area contributed by atoms with Crippen LogP contribution in [-0.4, -0.2) is 21.7 Å². The molecule has 7 nitrogen and oxygen atoms in total. The molecule has 0 saturated heterocycles. The number of carbonyl (C=O) groups excluding carboxylic acids is 2. The lowest BCUT2D eigenvalue weighted by Gasteiger charge is -2.05. The van der Waals surface area contributed by atoms with Gasteiger partial charge in [-0.3, -0.25) is 4.79 Å². The van der Waals surface area contributed by atoms with E-state index >= 15 is 0 Å². The van der Waals surface area contributed by atoms with Crippen molar-refractivity contribution >= 4 is 17.6 Å². The van der Waals surface area contributed by atoms with Gasteiger partial charge in [0.15, 0.2) is 5.69 Å². The Kier molecular flexibility index (Phi) is 3.98. The first kappa shape index (κ1) is 15.3. The van der Waals surface area contributed by atoms with Gasteiger partial charge in [-0.2, -0.15) is 5.10 Å². The predicted octanol–water partition coefficient (Wildman–Crippen LogP) is 2.13. The molecule has 7 heteroatoms. The maximum Gasteiger partial charge on any atom is 0.316 e. The molecule has 0 bridgehead atoms. The van der Waals surface area contributed by atoms with Crippen molar-refractivity contribution in [3.05, 3.63) is 66.5 Å². The van der Waals surface area contributed by atoms with Crippen molar-refractivity contribution in [3.63, 3.8) is 0 Å². The highest BCUT2D eigenvalue weighted by atomic mass is 16.2. The van der Waals surface area contributed by atoms with Crippen molar-refractivity contribution in [2.75, 3.05) is 5.32 Å². The molecular formula is C17H15N5O2. The second-order valence-electron chi connectivity index (χ2n) is 5.11. The van der Waals surface area contributed by atoms with Gasteiger partial charge in [0.05, 0.1) is 17.6 Å². The Bertz CT molecular complexity index is 902. The van der Waals surface area contributed by atoms with Gasteiger partial charge < -0.3 is 16.8 Å². The number of urea groups is 1. The Labute approximate surface area is 137 Å². The summed E-state index contributed by atoms with van der Waals surface area (Å²) in [5.41, 5.74) is 13.3. The number of benzene rings is 2. The van der Waals surface area contributed by atoms with Crippen LogP contribution in [0.3, 0.4) is 0 Å². The van der Waals surface area contributed by atoms with Crippen molar-refractivity contribution in [1.29, 1.82) is 0 Å². The lowest BCUT2D eigenvalue weighted by molar-refractivity contribution is 0.0996. The zero-order valence-electron chi connectivity index (χ0n) is 12.6. The molecule has 5 N–H and O–H groups in total. The Morgan fingerprint density at radius 1 is 0.958 bits per heavy atom. The number of hydrogen-bond donors (Lipinski definition) is 3. The number of nitrogens with zero attached hydrogens (tertiary/aromatic N) is 2. The third kappa shape index (κ3) is 3.09. The van der Waals surface area contributed by atoms with E-state index in [9.17, 15) is 9.59 Å². The van der Waals surface area contributed by atoms with E-state index < -0.39 is 11.9 Å². The summed E-state index contributed by atoms with van der Waals surface area (Å²) >= 11 is 0. The van der Waals surface area contributed by atoms with E-state index in [0.717, 1.165) is 16.8 Å². The molecule has 24 heavy (non-hydrogen) atoms. The highest BCUT2D eigenvalue weighted by Crippen LogP contribution is 2.23. The normalized spacial score (nSPS) is 10.3. The Hall–Kier alpha value is -3.61. The molecule has 0 atom stereocenters. The minimum Gasteiger partial charge on any atom is -0.364 e. The molecular weight excluding hydrogens is 306 g/mol. The van der Waals surface area contributed by atoms with Gasteiger partial charge in [-0.05, 0) is 23.3 Å². The minimum atomic E-state index is -0.796. The SMILES string of the molecule is NC(=O)Nc1cn(-c2cccc(-c3ccccc3)c2)nc1C(N)=O. The van der Waals surface area contributed by atoms with Crippen LogP contribution in [0.2, 0.25) is 0 Å². The van der Waals surface area contributed by atoms with Crippen molar-refractivity contribution in [2.45, 2.75) is 0 Å². The smallest absolute Gasteiger partial charge is 0.316 e. The molecule has 120 valence electrons. The van der Waals surface area contributed by atoms with Crippen LogP contribution < -0.4 is 16.8 Å². The Morgan fingerprint density at radius 3 is 2.33 bits per heavy atom. The number of rotatable bonds is 4. The summed E-state index contributed by atoms with van der Waals surface area (Å²) in [6.45, 7) is 0. The molecule has 0 saturated carbocycles. The van der Waals surface area contributed by atoms with Crippen molar-refractivity contribution in [3.8, 4) is 16.8 Å². The fraction of sp³-hybridized carbons (Fsp3) is 0. The molecule has 0 aliphatic carbocycles. The van der Waals surface area contributed by atoms with Gasteiger partial charge in [0.1, 0.15) is 0 Å². The molecule has 1 heterocycles. The molecule has 3 rings (SSSR count). The molecule has 0 radical (unpaired) electrons. The van der Waals surface area contributed by atoms with E-state index in [2.05, 4.69) is 10.4 Å². The molecule has 0 spiro atoms. The number of carbonyl (C=O) groups is 2. The molecule has 0 fully saturated rings. The average Bonchev–Trinajstić information content (AvgIpc) is 2.99. The Morgan fingerprint density at radius 2 is 1.67 bits per heavy atom. The molecule has 3 amide bonds. The number of amides is 3. The van der Waals surface area contributed by atoms with Crippen LogP contribution in [0.4, 0.5) is 10.5 Å². The second kappa shape index (κ2) is 6.25. The maximum absolute atomic E-state index is 11.5. The van der Waals surface area contributed by atoms with E-state index in [1.807, 2.05) is 54.6 Å². The van der Waals surface area contributed by atoms with Crippen molar-refractivity contribution in [2.24, 2.45) is 11.5 Å². The third-order valence-corrected chi connectivity index (χ3v) is 3.42. The predicted molar refractivity (Wildman–Crippen MR) is 90.7 cm³/mol. The first-order valence-corrected chi connectivity index (χ1v) is 7.16. The fourth-order valence-electron chi connectivity index (χ4n) is 2.37. The summed E-state index contributed by atoms with van der Waals surface area (Å²) in [5, 5.41) is 6.49. The monoisotopic (exact) mass is 321 g/mol. The van der Waals surface area contributed by atoms with Gasteiger partial charge in [0.2, 0.25) is 0 Å². The van der Waals surface area contributed by atoms with Crippen LogP contribution in [-0.2, 0) is 0 Å². The van der Waals surface area contributed by atoms with Crippen LogP contribution >= 0.6 is 0 Å². The highest BCUT2D eigenvalue weighted by Gasteiger charge is 2.16. The maximum atomic E-state index is 11.5. The van der Waals surface area contributed by atoms with Gasteiger partial charge in [0.25, 0.3) is 5.91 Å². The number of nitrogens with two attached hydrogens (primary N) is 2. The van der Waals surface area contributed by atoms with E-state index in [4.69, 9.17) is 11.5 Å². The third-order valence-electron chi connectivity index (χ3n) is 3.42. The number of nitrogens with one attached hydrogen (secondary N) is 1. The van der Waals surface area contributed by atoms with E-state index in [-0.39, 0.29) is 11.4 Å². The second-order valence-corrected chi connectivity index (χ2v) is 5.11. The van der Waals surface area contributed by atoms with Crippen LogP contribution in [0.1, 0.15) is 10.5 Å². The number of anilines is 1. The molecule has 2 aromatic carbocycles. The molecule has 1 aromatic heterocycles. The molecule has 3 aromatic rings. The minimum absolute atomic E-state index is 0.0566. The van der Waals surface area contributed by atoms with Crippen LogP contribution in [0.15, 0.2) is 60.8 Å². The summed E-state index contributed by atoms with van der Waals surface area (Å²) in [5.74, 6) is -0.753. The largest absolute Gasteiger partial charge is 0.364 e. The molecule has 0 aliphatic heterocycles. The van der Waals surface area contributed by atoms with Crippen LogP contribution in [0.5, 0.6) is 0 Å². The molecule has 0 unspecified atom stereocenters. The average molecular weight is 321 g/mol. The first-order chi connectivity index (χ1) is 11.5. The van der Waals surface area contributed by atoms with Gasteiger partial charge in [-0.25, -0.2) is 9.48 Å². The first-order valence-electron chi connectivity index (χ1n) is 7.16. The quantitative estimate of drug-likeness (QED) is 0.683. The number of primary amides is 2. The van der Waals surface area contributed by atoms with E-state index in [1.54, 1.807) is 0 Å². The fourth-order valence-corrected chi connectivity index (χ4v) is 2.37. The van der Waals surface area contributed by atoms with Gasteiger partial charge in [-0.1, -0.05) is 42.5 Å². The highest BCUT2D eigenvalue weighted by molar-refractivity contribution is 6.00. The topological polar surface area (TPSA) is 116 Å². The summed E-state index contributed by atoms with van der Waals surface area (Å²) in [7, 11) is 0. The number of aromatic nitrogens is 2. The van der Waals surface area contributed by atoms with Crippen molar-refractivity contribution < 1.29 is 9.59 Å². The van der Waals surface area contributed by atoms with Crippen molar-refractivity contribution in [1.82, 2.24) is 9.78 Å². The van der Waals surface area contributed by atoms with Crippen LogP contribution in [0.25, 0.3) is 16.8 Å². The summed E-state index contributed by atoms with van der Waals surface area (Å²) in [6.07, 6.45) is 1.50. The van der Waals surface area contributed by atoms with Gasteiger partial charge in [0, 0.05) is 0 Å². The molecule has 0 aliphatic rings. The lowest BCUT2D eigenvalue weighted by Crippen LogP contribution is -2.22. The Balaban J connectivity index is 2.03. The van der Waals surface area contributed by atoms with Crippen LogP contribution in [0, 0.1) is 0 Å². The lowest BCUT2D eigenvalue weighted by atomic mass is 10.1. The van der Waals surface area contributed by atoms with E-state index in [0.29, 0.717) is 0 Å². The van der Waals surface area contributed by atoms with Gasteiger partial charge in [-0.15, -0.1) is 0 Å². The summed E-state index contributed by atoms with van der Waals surface area (Å²) < 4.78 is 1.47. The standard InChI is InChI=1S/C17H15N5O2/c18-16(23)15-14(20-17(19)24)10-22(21-15)13-8-4-7-12(9-13)11-5-2-1-3-6-11/h1-10H,(H2,18,23)(H3,19,20,24). The van der Waals surface area contributed by atoms with Gasteiger partial charge >= 0.3 is 6.03 Å².